The number of nitrogens with zero attached hydrogens (tertiary/aromatic N) is 3. The van der Waals surface area contributed by atoms with Crippen LogP contribution in [0.3, 0.4) is 0 Å². The molecule has 0 radical (unpaired) electrons. The van der Waals surface area contributed by atoms with Gasteiger partial charge in [-0.25, -0.2) is 14.4 Å². The van der Waals surface area contributed by atoms with Gasteiger partial charge in [0, 0.05) is 37.8 Å². The SMILES string of the molecule is O=C(NCCNc1cc(N2CCCC2)ncn1)c1cccc(Oc2ccc(F)cc2)c1. The highest BCUT2D eigenvalue weighted by molar-refractivity contribution is 5.94. The first kappa shape index (κ1) is 20.6. The van der Waals surface area contributed by atoms with Gasteiger partial charge in [0.2, 0.25) is 0 Å². The number of ether oxygens (including phenoxy) is 1. The van der Waals surface area contributed by atoms with Crippen molar-refractivity contribution in [3.63, 3.8) is 0 Å². The maximum Gasteiger partial charge on any atom is 0.251 e. The predicted octanol–water partition coefficient (Wildman–Crippen LogP) is 3.85. The molecule has 2 heterocycles. The van der Waals surface area contributed by atoms with Crippen LogP contribution in [0.15, 0.2) is 60.9 Å². The number of benzene rings is 2. The zero-order chi connectivity index (χ0) is 21.5. The van der Waals surface area contributed by atoms with Gasteiger partial charge in [-0.3, -0.25) is 4.79 Å². The first-order chi connectivity index (χ1) is 15.2. The summed E-state index contributed by atoms with van der Waals surface area (Å²) in [4.78, 5) is 23.3. The number of hydrogen-bond donors (Lipinski definition) is 2. The number of aromatic nitrogens is 2. The van der Waals surface area contributed by atoms with Gasteiger partial charge in [-0.15, -0.1) is 0 Å². The number of anilines is 2. The summed E-state index contributed by atoms with van der Waals surface area (Å²) in [6.45, 7) is 3.02. The van der Waals surface area contributed by atoms with Crippen molar-refractivity contribution in [3.8, 4) is 11.5 Å². The molecule has 3 aromatic rings. The van der Waals surface area contributed by atoms with Crippen LogP contribution in [0.4, 0.5) is 16.0 Å². The zero-order valence-corrected chi connectivity index (χ0v) is 17.1. The summed E-state index contributed by atoms with van der Waals surface area (Å²) >= 11 is 0. The molecule has 1 aliphatic heterocycles. The van der Waals surface area contributed by atoms with Gasteiger partial charge in [-0.05, 0) is 55.3 Å². The van der Waals surface area contributed by atoms with Gasteiger partial charge in [0.05, 0.1) is 0 Å². The molecule has 31 heavy (non-hydrogen) atoms. The molecule has 0 atom stereocenters. The van der Waals surface area contributed by atoms with Gasteiger partial charge in [0.15, 0.2) is 0 Å². The lowest BCUT2D eigenvalue weighted by Crippen LogP contribution is -2.29. The molecule has 8 heteroatoms. The summed E-state index contributed by atoms with van der Waals surface area (Å²) in [7, 11) is 0. The van der Waals surface area contributed by atoms with E-state index in [1.165, 1.54) is 37.1 Å². The second-order valence-corrected chi connectivity index (χ2v) is 7.22. The van der Waals surface area contributed by atoms with E-state index in [0.29, 0.717) is 30.2 Å². The number of amides is 1. The third-order valence-corrected chi connectivity index (χ3v) is 4.94. The van der Waals surface area contributed by atoms with Gasteiger partial charge >= 0.3 is 0 Å². The van der Waals surface area contributed by atoms with E-state index in [4.69, 9.17) is 4.74 Å². The lowest BCUT2D eigenvalue weighted by molar-refractivity contribution is 0.0955. The van der Waals surface area contributed by atoms with E-state index >= 15 is 0 Å². The Bertz CT molecular complexity index is 1020. The highest BCUT2D eigenvalue weighted by Gasteiger charge is 2.14. The van der Waals surface area contributed by atoms with E-state index in [1.54, 1.807) is 30.6 Å². The van der Waals surface area contributed by atoms with Crippen LogP contribution in [-0.2, 0) is 0 Å². The van der Waals surface area contributed by atoms with Crippen LogP contribution in [0, 0.1) is 5.82 Å². The van der Waals surface area contributed by atoms with Gasteiger partial charge in [-0.2, -0.15) is 0 Å². The molecule has 160 valence electrons. The molecule has 2 aromatic carbocycles. The first-order valence-corrected chi connectivity index (χ1v) is 10.3. The summed E-state index contributed by atoms with van der Waals surface area (Å²) in [5.41, 5.74) is 0.484. The molecule has 1 aliphatic rings. The number of carbonyl (C=O) groups is 1. The quantitative estimate of drug-likeness (QED) is 0.538. The summed E-state index contributed by atoms with van der Waals surface area (Å²) in [6, 6.07) is 14.5. The van der Waals surface area contributed by atoms with Crippen LogP contribution < -0.4 is 20.3 Å². The number of halogens is 1. The fourth-order valence-corrected chi connectivity index (χ4v) is 3.37. The van der Waals surface area contributed by atoms with Crippen molar-refractivity contribution < 1.29 is 13.9 Å². The van der Waals surface area contributed by atoms with Crippen molar-refractivity contribution in [2.75, 3.05) is 36.4 Å². The van der Waals surface area contributed by atoms with Gasteiger partial charge < -0.3 is 20.3 Å². The molecule has 0 unspecified atom stereocenters. The molecule has 1 saturated heterocycles. The number of carbonyl (C=O) groups excluding carboxylic acids is 1. The van der Waals surface area contributed by atoms with E-state index in [1.807, 2.05) is 6.07 Å². The summed E-state index contributed by atoms with van der Waals surface area (Å²) in [5.74, 6) is 2.14. The Morgan fingerprint density at radius 1 is 1.00 bits per heavy atom. The number of hydrogen-bond acceptors (Lipinski definition) is 6. The highest BCUT2D eigenvalue weighted by atomic mass is 19.1. The normalized spacial score (nSPS) is 13.1. The fourth-order valence-electron chi connectivity index (χ4n) is 3.37. The highest BCUT2D eigenvalue weighted by Crippen LogP contribution is 2.22. The summed E-state index contributed by atoms with van der Waals surface area (Å²) < 4.78 is 18.7. The maximum atomic E-state index is 13.0. The van der Waals surface area contributed by atoms with E-state index < -0.39 is 0 Å². The third kappa shape index (κ3) is 5.69. The Morgan fingerprint density at radius 3 is 2.61 bits per heavy atom. The van der Waals surface area contributed by atoms with E-state index in [-0.39, 0.29) is 11.7 Å². The molecule has 0 bridgehead atoms. The monoisotopic (exact) mass is 421 g/mol. The van der Waals surface area contributed by atoms with Crippen molar-refractivity contribution in [3.05, 3.63) is 72.3 Å². The minimum atomic E-state index is -0.330. The van der Waals surface area contributed by atoms with Crippen LogP contribution in [0.1, 0.15) is 23.2 Å². The molecule has 0 saturated carbocycles. The zero-order valence-electron chi connectivity index (χ0n) is 17.1. The van der Waals surface area contributed by atoms with Crippen LogP contribution in [0.25, 0.3) is 0 Å². The minimum Gasteiger partial charge on any atom is -0.457 e. The van der Waals surface area contributed by atoms with Crippen molar-refractivity contribution in [2.45, 2.75) is 12.8 Å². The minimum absolute atomic E-state index is 0.202. The average Bonchev–Trinajstić information content (AvgIpc) is 3.34. The van der Waals surface area contributed by atoms with Crippen molar-refractivity contribution in [1.82, 2.24) is 15.3 Å². The molecule has 7 nitrogen and oxygen atoms in total. The Balaban J connectivity index is 1.26. The summed E-state index contributed by atoms with van der Waals surface area (Å²) in [6.07, 6.45) is 3.94. The second kappa shape index (κ2) is 9.88. The smallest absolute Gasteiger partial charge is 0.251 e. The Morgan fingerprint density at radius 2 is 1.81 bits per heavy atom. The molecule has 1 aromatic heterocycles. The Kier molecular flexibility index (Phi) is 6.56. The van der Waals surface area contributed by atoms with E-state index in [2.05, 4.69) is 25.5 Å². The van der Waals surface area contributed by atoms with Crippen LogP contribution in [0.2, 0.25) is 0 Å². The summed E-state index contributed by atoms with van der Waals surface area (Å²) in [5, 5.41) is 6.09. The lowest BCUT2D eigenvalue weighted by Gasteiger charge is -2.16. The molecular formula is C23H24FN5O2. The van der Waals surface area contributed by atoms with Crippen LogP contribution >= 0.6 is 0 Å². The molecule has 1 fully saturated rings. The molecule has 0 aliphatic carbocycles. The lowest BCUT2D eigenvalue weighted by atomic mass is 10.2. The van der Waals surface area contributed by atoms with E-state index in [0.717, 1.165) is 24.7 Å². The van der Waals surface area contributed by atoms with Crippen LogP contribution in [0.5, 0.6) is 11.5 Å². The Hall–Kier alpha value is -3.68. The second-order valence-electron chi connectivity index (χ2n) is 7.22. The topological polar surface area (TPSA) is 79.4 Å². The average molecular weight is 421 g/mol. The number of rotatable bonds is 8. The first-order valence-electron chi connectivity index (χ1n) is 10.3. The van der Waals surface area contributed by atoms with Crippen molar-refractivity contribution >= 4 is 17.5 Å². The van der Waals surface area contributed by atoms with Crippen molar-refractivity contribution in [1.29, 1.82) is 0 Å². The van der Waals surface area contributed by atoms with Crippen LogP contribution in [-0.4, -0.2) is 42.1 Å². The molecule has 0 spiro atoms. The van der Waals surface area contributed by atoms with Crippen molar-refractivity contribution in [2.24, 2.45) is 0 Å². The van der Waals surface area contributed by atoms with Gasteiger partial charge in [-0.1, -0.05) is 6.07 Å². The molecule has 4 rings (SSSR count). The van der Waals surface area contributed by atoms with Gasteiger partial charge in [0.1, 0.15) is 35.3 Å². The maximum absolute atomic E-state index is 13.0. The largest absolute Gasteiger partial charge is 0.457 e. The standard InChI is InChI=1S/C23H24FN5O2/c24-18-6-8-19(9-7-18)31-20-5-3-4-17(14-20)23(30)26-11-10-25-21-15-22(28-16-27-21)29-12-1-2-13-29/h3-9,14-16H,1-2,10-13H2,(H,26,30)(H,25,27,28). The molecular weight excluding hydrogens is 397 g/mol. The molecule has 2 N–H and O–H groups in total. The van der Waals surface area contributed by atoms with Gasteiger partial charge in [0.25, 0.3) is 5.91 Å². The number of nitrogens with one attached hydrogen (secondary N) is 2. The predicted molar refractivity (Wildman–Crippen MR) is 117 cm³/mol. The fraction of sp³-hybridized carbons (Fsp3) is 0.261. The third-order valence-electron chi connectivity index (χ3n) is 4.94. The van der Waals surface area contributed by atoms with E-state index in [9.17, 15) is 9.18 Å². The molecule has 1 amide bonds. The Labute approximate surface area is 180 Å².